The van der Waals surface area contributed by atoms with Crippen LogP contribution in [0.2, 0.25) is 0 Å². The van der Waals surface area contributed by atoms with E-state index in [0.717, 1.165) is 12.0 Å². The molecule has 31 heavy (non-hydrogen) atoms. The zero-order chi connectivity index (χ0) is 21.8. The van der Waals surface area contributed by atoms with Crippen molar-refractivity contribution >= 4 is 35.8 Å². The second kappa shape index (κ2) is 14.5. The number of carbonyl (C=O) groups excluding carboxylic acids is 1. The number of aliphatic imine (C=N–C) groups is 1. The van der Waals surface area contributed by atoms with Crippen molar-refractivity contribution in [2.75, 3.05) is 27.2 Å². The number of hydrogen-bond acceptors (Lipinski definition) is 4. The minimum atomic E-state index is -0.0922. The summed E-state index contributed by atoms with van der Waals surface area (Å²) in [5.74, 6) is 2.01. The molecule has 0 spiro atoms. The molecular weight excluding hydrogens is 507 g/mol. The molecular formula is C23H33IN4O3. The number of nitrogens with zero attached hydrogens (tertiary/aromatic N) is 1. The molecule has 0 aliphatic rings. The summed E-state index contributed by atoms with van der Waals surface area (Å²) >= 11 is 0. The molecule has 0 aromatic heterocycles. The van der Waals surface area contributed by atoms with Crippen LogP contribution in [-0.2, 0) is 6.54 Å². The second-order valence-corrected chi connectivity index (χ2v) is 6.84. The van der Waals surface area contributed by atoms with E-state index in [0.29, 0.717) is 42.7 Å². The maximum atomic E-state index is 12.1. The Labute approximate surface area is 202 Å². The van der Waals surface area contributed by atoms with Crippen molar-refractivity contribution in [1.29, 1.82) is 0 Å². The van der Waals surface area contributed by atoms with Crippen LogP contribution < -0.4 is 25.4 Å². The summed E-state index contributed by atoms with van der Waals surface area (Å²) in [5, 5.41) is 9.41. The molecule has 3 N–H and O–H groups in total. The van der Waals surface area contributed by atoms with Crippen LogP contribution >= 0.6 is 24.0 Å². The molecule has 0 bridgehead atoms. The molecule has 0 saturated carbocycles. The maximum Gasteiger partial charge on any atom is 0.251 e. The average Bonchev–Trinajstić information content (AvgIpc) is 2.78. The van der Waals surface area contributed by atoms with Gasteiger partial charge in [0.2, 0.25) is 0 Å². The van der Waals surface area contributed by atoms with Gasteiger partial charge in [-0.1, -0.05) is 31.2 Å². The van der Waals surface area contributed by atoms with Gasteiger partial charge in [0.25, 0.3) is 5.91 Å². The monoisotopic (exact) mass is 540 g/mol. The maximum absolute atomic E-state index is 12.1. The fourth-order valence-corrected chi connectivity index (χ4v) is 2.78. The molecule has 1 unspecified atom stereocenters. The van der Waals surface area contributed by atoms with Crippen molar-refractivity contribution in [1.82, 2.24) is 16.0 Å². The number of halogens is 1. The molecule has 8 heteroatoms. The number of rotatable bonds is 10. The molecule has 2 aromatic rings. The van der Waals surface area contributed by atoms with Gasteiger partial charge in [0.05, 0.1) is 13.7 Å². The summed E-state index contributed by atoms with van der Waals surface area (Å²) in [6.45, 7) is 5.80. The molecule has 2 rings (SSSR count). The van der Waals surface area contributed by atoms with E-state index in [2.05, 4.69) is 20.9 Å². The summed E-state index contributed by atoms with van der Waals surface area (Å²) in [5.41, 5.74) is 1.66. The number of hydrogen-bond donors (Lipinski definition) is 3. The van der Waals surface area contributed by atoms with Crippen molar-refractivity contribution in [3.05, 3.63) is 59.7 Å². The SMILES string of the molecule is CCCNC(=O)c1cccc(CNC(=NC)NCC(C)Oc2ccccc2OC)c1.I. The summed E-state index contributed by atoms with van der Waals surface area (Å²) in [4.78, 5) is 16.4. The third-order valence-electron chi connectivity index (χ3n) is 4.36. The number of benzene rings is 2. The quantitative estimate of drug-likeness (QED) is 0.244. The van der Waals surface area contributed by atoms with E-state index in [-0.39, 0.29) is 36.0 Å². The molecule has 2 aromatic carbocycles. The van der Waals surface area contributed by atoms with Crippen LogP contribution in [0.25, 0.3) is 0 Å². The predicted octanol–water partition coefficient (Wildman–Crippen LogP) is 3.59. The lowest BCUT2D eigenvalue weighted by atomic mass is 10.1. The Morgan fingerprint density at radius 1 is 1.06 bits per heavy atom. The van der Waals surface area contributed by atoms with Crippen LogP contribution in [0.5, 0.6) is 11.5 Å². The Hall–Kier alpha value is -2.49. The Kier molecular flexibility index (Phi) is 12.4. The zero-order valence-corrected chi connectivity index (χ0v) is 20.9. The van der Waals surface area contributed by atoms with Crippen LogP contribution in [0.15, 0.2) is 53.5 Å². The van der Waals surface area contributed by atoms with E-state index in [1.807, 2.05) is 62.4 Å². The lowest BCUT2D eigenvalue weighted by Crippen LogP contribution is -2.41. The number of methoxy groups -OCH3 is 1. The molecule has 1 amide bonds. The standard InChI is InChI=1S/C23H32N4O3.HI/c1-5-13-25-22(28)19-10-8-9-18(14-19)16-27-23(24-3)26-15-17(2)30-21-12-7-6-11-20(21)29-4;/h6-12,14,17H,5,13,15-16H2,1-4H3,(H,25,28)(H2,24,26,27);1H. The number of para-hydroxylation sites is 2. The van der Waals surface area contributed by atoms with Crippen molar-refractivity contribution in [2.24, 2.45) is 4.99 Å². The molecule has 7 nitrogen and oxygen atoms in total. The van der Waals surface area contributed by atoms with E-state index < -0.39 is 0 Å². The lowest BCUT2D eigenvalue weighted by Gasteiger charge is -2.19. The van der Waals surface area contributed by atoms with Crippen LogP contribution in [-0.4, -0.2) is 45.2 Å². The number of amides is 1. The first-order valence-electron chi connectivity index (χ1n) is 10.2. The van der Waals surface area contributed by atoms with Crippen molar-refractivity contribution < 1.29 is 14.3 Å². The van der Waals surface area contributed by atoms with Crippen molar-refractivity contribution in [3.8, 4) is 11.5 Å². The summed E-state index contributed by atoms with van der Waals surface area (Å²) < 4.78 is 11.3. The third kappa shape index (κ3) is 9.04. The smallest absolute Gasteiger partial charge is 0.251 e. The topological polar surface area (TPSA) is 84.0 Å². The van der Waals surface area contributed by atoms with Crippen molar-refractivity contribution in [3.63, 3.8) is 0 Å². The minimum absolute atomic E-state index is 0. The zero-order valence-electron chi connectivity index (χ0n) is 18.6. The predicted molar refractivity (Wildman–Crippen MR) is 136 cm³/mol. The van der Waals surface area contributed by atoms with Crippen molar-refractivity contribution in [2.45, 2.75) is 32.9 Å². The Bertz CT molecular complexity index is 845. The van der Waals surface area contributed by atoms with E-state index >= 15 is 0 Å². The molecule has 1 atom stereocenters. The van der Waals surface area contributed by atoms with Gasteiger partial charge in [0, 0.05) is 25.7 Å². The molecule has 0 fully saturated rings. The van der Waals surface area contributed by atoms with Gasteiger partial charge in [-0.3, -0.25) is 9.79 Å². The highest BCUT2D eigenvalue weighted by Gasteiger charge is 2.10. The largest absolute Gasteiger partial charge is 0.493 e. The average molecular weight is 540 g/mol. The van der Waals surface area contributed by atoms with Crippen LogP contribution in [0.4, 0.5) is 0 Å². The lowest BCUT2D eigenvalue weighted by molar-refractivity contribution is 0.0953. The van der Waals surface area contributed by atoms with Crippen LogP contribution in [0, 0.1) is 0 Å². The molecule has 0 aliphatic carbocycles. The Morgan fingerprint density at radius 3 is 2.48 bits per heavy atom. The van der Waals surface area contributed by atoms with Gasteiger partial charge in [0.15, 0.2) is 17.5 Å². The molecule has 0 aliphatic heterocycles. The van der Waals surface area contributed by atoms with Gasteiger partial charge in [-0.2, -0.15) is 0 Å². The Balaban J connectivity index is 0.00000480. The fraction of sp³-hybridized carbons (Fsp3) is 0.391. The van der Waals surface area contributed by atoms with E-state index in [4.69, 9.17) is 9.47 Å². The Morgan fingerprint density at radius 2 is 1.81 bits per heavy atom. The first-order valence-corrected chi connectivity index (χ1v) is 10.2. The van der Waals surface area contributed by atoms with E-state index in [1.165, 1.54) is 0 Å². The molecule has 170 valence electrons. The molecule has 0 heterocycles. The first kappa shape index (κ1) is 26.5. The van der Waals surface area contributed by atoms with Gasteiger partial charge >= 0.3 is 0 Å². The summed E-state index contributed by atoms with van der Waals surface area (Å²) in [6.07, 6.45) is 0.819. The third-order valence-corrected chi connectivity index (χ3v) is 4.36. The first-order chi connectivity index (χ1) is 14.6. The second-order valence-electron chi connectivity index (χ2n) is 6.84. The molecule has 0 radical (unpaired) electrons. The fourth-order valence-electron chi connectivity index (χ4n) is 2.78. The van der Waals surface area contributed by atoms with Crippen LogP contribution in [0.1, 0.15) is 36.2 Å². The van der Waals surface area contributed by atoms with Gasteiger partial charge in [0.1, 0.15) is 6.10 Å². The minimum Gasteiger partial charge on any atom is -0.493 e. The van der Waals surface area contributed by atoms with Gasteiger partial charge in [-0.25, -0.2) is 0 Å². The molecule has 0 saturated heterocycles. The van der Waals surface area contributed by atoms with E-state index in [1.54, 1.807) is 14.2 Å². The number of ether oxygens (including phenoxy) is 2. The van der Waals surface area contributed by atoms with E-state index in [9.17, 15) is 4.79 Å². The highest BCUT2D eigenvalue weighted by atomic mass is 127. The summed E-state index contributed by atoms with van der Waals surface area (Å²) in [7, 11) is 3.34. The van der Waals surface area contributed by atoms with Gasteiger partial charge in [-0.15, -0.1) is 24.0 Å². The number of guanidine groups is 1. The summed E-state index contributed by atoms with van der Waals surface area (Å²) in [6, 6.07) is 15.1. The normalized spacial score (nSPS) is 11.7. The highest BCUT2D eigenvalue weighted by molar-refractivity contribution is 14.0. The number of carbonyl (C=O) groups is 1. The number of nitrogens with one attached hydrogen (secondary N) is 3. The van der Waals surface area contributed by atoms with Gasteiger partial charge < -0.3 is 25.4 Å². The highest BCUT2D eigenvalue weighted by Crippen LogP contribution is 2.26. The van der Waals surface area contributed by atoms with Crippen LogP contribution in [0.3, 0.4) is 0 Å². The van der Waals surface area contributed by atoms with Gasteiger partial charge in [-0.05, 0) is 43.2 Å².